The zero-order valence-electron chi connectivity index (χ0n) is 18.4. The number of hydrogen-bond donors (Lipinski definition) is 2. The van der Waals surface area contributed by atoms with Crippen LogP contribution in [0.1, 0.15) is 18.5 Å². The van der Waals surface area contributed by atoms with Gasteiger partial charge in [0.1, 0.15) is 6.54 Å². The molecule has 3 aliphatic rings. The molecule has 2 N–H and O–H groups in total. The van der Waals surface area contributed by atoms with Gasteiger partial charge in [0.05, 0.1) is 37.1 Å². The van der Waals surface area contributed by atoms with Crippen molar-refractivity contribution in [2.75, 3.05) is 59.0 Å². The molecule has 4 rings (SSSR count). The number of hydrogen-bond acceptors (Lipinski definition) is 5. The molecule has 0 unspecified atom stereocenters. The summed E-state index contributed by atoms with van der Waals surface area (Å²) in [7, 11) is 0. The minimum Gasteiger partial charge on any atom is -0.379 e. The Morgan fingerprint density at radius 3 is 2.70 bits per heavy atom. The first kappa shape index (κ1) is 23.8. The number of nitrogens with zero attached hydrogens (tertiary/aromatic N) is 3. The van der Waals surface area contributed by atoms with Gasteiger partial charge in [0.2, 0.25) is 5.91 Å². The second kappa shape index (κ2) is 10.3. The van der Waals surface area contributed by atoms with Crippen molar-refractivity contribution in [3.05, 3.63) is 45.1 Å². The number of carbonyl (C=O) groups is 3. The predicted molar refractivity (Wildman–Crippen MR) is 124 cm³/mol. The number of ether oxygens (including phenoxy) is 1. The zero-order valence-corrected chi connectivity index (χ0v) is 19.9. The largest absolute Gasteiger partial charge is 0.379 e. The summed E-state index contributed by atoms with van der Waals surface area (Å²) in [5, 5.41) is 6.58. The molecule has 3 aliphatic heterocycles. The molecule has 3 heterocycles. The predicted octanol–water partition coefficient (Wildman–Crippen LogP) is 1.62. The summed E-state index contributed by atoms with van der Waals surface area (Å²) in [5.41, 5.74) is 1.62. The molecular weight excluding hydrogens is 469 g/mol. The van der Waals surface area contributed by atoms with Crippen molar-refractivity contribution in [2.24, 2.45) is 0 Å². The molecule has 0 aromatic heterocycles. The summed E-state index contributed by atoms with van der Waals surface area (Å²) in [6.07, 6.45) is 0. The van der Waals surface area contributed by atoms with Crippen LogP contribution in [-0.4, -0.2) is 91.6 Å². The molecule has 1 saturated heterocycles. The van der Waals surface area contributed by atoms with Crippen molar-refractivity contribution in [3.63, 3.8) is 0 Å². The number of halogens is 2. The minimum absolute atomic E-state index is 0.0816. The standard InChI is InChI=1S/C22H27Cl2N5O4/c1-2-29-17-12-28(13-18(30)25-5-6-27-7-9-33-10-8-27)21(31)19(17)20(26-22(29)32)15-4-3-14(23)11-16(15)24/h3-4,11,20H,2,5-10,12-13H2,1H3,(H,25,30)(H,26,32)/t20-/m0/s1. The van der Waals surface area contributed by atoms with Crippen LogP contribution < -0.4 is 10.6 Å². The maximum absolute atomic E-state index is 13.3. The smallest absolute Gasteiger partial charge is 0.322 e. The van der Waals surface area contributed by atoms with Crippen LogP contribution in [0, 0.1) is 0 Å². The van der Waals surface area contributed by atoms with Gasteiger partial charge in [-0.1, -0.05) is 29.3 Å². The molecule has 11 heteroatoms. The van der Waals surface area contributed by atoms with E-state index in [1.807, 2.05) is 6.92 Å². The molecule has 4 amide bonds. The molecular formula is C22H27Cl2N5O4. The average Bonchev–Trinajstić information content (AvgIpc) is 3.10. The van der Waals surface area contributed by atoms with Gasteiger partial charge < -0.3 is 20.3 Å². The van der Waals surface area contributed by atoms with Gasteiger partial charge in [-0.15, -0.1) is 0 Å². The van der Waals surface area contributed by atoms with Gasteiger partial charge in [-0.05, 0) is 24.6 Å². The van der Waals surface area contributed by atoms with E-state index in [0.29, 0.717) is 53.2 Å². The van der Waals surface area contributed by atoms with Crippen molar-refractivity contribution in [1.29, 1.82) is 0 Å². The third-order valence-corrected chi connectivity index (χ3v) is 6.64. The molecule has 1 aromatic rings. The zero-order chi connectivity index (χ0) is 23.5. The molecule has 0 radical (unpaired) electrons. The van der Waals surface area contributed by atoms with Crippen molar-refractivity contribution in [1.82, 2.24) is 25.3 Å². The Hall–Kier alpha value is -2.33. The summed E-state index contributed by atoms with van der Waals surface area (Å²) in [6.45, 7) is 6.67. The van der Waals surface area contributed by atoms with Crippen LogP contribution in [-0.2, 0) is 14.3 Å². The first-order valence-electron chi connectivity index (χ1n) is 11.0. The van der Waals surface area contributed by atoms with E-state index < -0.39 is 6.04 Å². The fraction of sp³-hybridized carbons (Fsp3) is 0.500. The number of morpholine rings is 1. The van der Waals surface area contributed by atoms with Gasteiger partial charge in [0.15, 0.2) is 0 Å². The third-order valence-electron chi connectivity index (χ3n) is 6.07. The number of nitrogens with one attached hydrogen (secondary N) is 2. The molecule has 0 bridgehead atoms. The van der Waals surface area contributed by atoms with Crippen LogP contribution in [0.3, 0.4) is 0 Å². The molecule has 1 aromatic carbocycles. The van der Waals surface area contributed by atoms with E-state index in [2.05, 4.69) is 15.5 Å². The van der Waals surface area contributed by atoms with Gasteiger partial charge in [-0.3, -0.25) is 19.4 Å². The van der Waals surface area contributed by atoms with Crippen LogP contribution in [0.4, 0.5) is 4.79 Å². The first-order chi connectivity index (χ1) is 15.9. The van der Waals surface area contributed by atoms with E-state index in [1.165, 1.54) is 9.80 Å². The molecule has 0 saturated carbocycles. The topological polar surface area (TPSA) is 94.2 Å². The summed E-state index contributed by atoms with van der Waals surface area (Å²) < 4.78 is 5.33. The Morgan fingerprint density at radius 1 is 1.24 bits per heavy atom. The lowest BCUT2D eigenvalue weighted by molar-refractivity contribution is -0.131. The van der Waals surface area contributed by atoms with Gasteiger partial charge in [0, 0.05) is 42.8 Å². The molecule has 178 valence electrons. The number of urea groups is 1. The van der Waals surface area contributed by atoms with Gasteiger partial charge in [-0.2, -0.15) is 0 Å². The Labute approximate surface area is 202 Å². The lowest BCUT2D eigenvalue weighted by Gasteiger charge is -2.33. The number of carbonyl (C=O) groups excluding carboxylic acids is 3. The van der Waals surface area contributed by atoms with Crippen LogP contribution in [0.5, 0.6) is 0 Å². The highest BCUT2D eigenvalue weighted by atomic mass is 35.5. The summed E-state index contributed by atoms with van der Waals surface area (Å²) in [4.78, 5) is 43.9. The fourth-order valence-electron chi connectivity index (χ4n) is 4.39. The highest BCUT2D eigenvalue weighted by Crippen LogP contribution is 2.39. The Morgan fingerprint density at radius 2 is 2.00 bits per heavy atom. The molecule has 33 heavy (non-hydrogen) atoms. The second-order valence-corrected chi connectivity index (χ2v) is 8.96. The average molecular weight is 496 g/mol. The van der Waals surface area contributed by atoms with Gasteiger partial charge in [0.25, 0.3) is 5.91 Å². The Kier molecular flexibility index (Phi) is 7.43. The van der Waals surface area contributed by atoms with Crippen LogP contribution >= 0.6 is 23.2 Å². The highest BCUT2D eigenvalue weighted by molar-refractivity contribution is 6.35. The maximum atomic E-state index is 13.3. The first-order valence-corrected chi connectivity index (χ1v) is 11.8. The fourth-order valence-corrected chi connectivity index (χ4v) is 4.90. The van der Waals surface area contributed by atoms with Crippen molar-refractivity contribution < 1.29 is 19.1 Å². The van der Waals surface area contributed by atoms with Gasteiger partial charge in [-0.25, -0.2) is 4.79 Å². The summed E-state index contributed by atoms with van der Waals surface area (Å²) in [6, 6.07) is 3.94. The van der Waals surface area contributed by atoms with Crippen LogP contribution in [0.15, 0.2) is 29.5 Å². The monoisotopic (exact) mass is 495 g/mol. The normalized spacial score (nSPS) is 21.4. The Bertz CT molecular complexity index is 980. The van der Waals surface area contributed by atoms with E-state index in [1.54, 1.807) is 18.2 Å². The van der Waals surface area contributed by atoms with Crippen LogP contribution in [0.2, 0.25) is 10.0 Å². The van der Waals surface area contributed by atoms with E-state index in [-0.39, 0.29) is 30.9 Å². The van der Waals surface area contributed by atoms with E-state index in [4.69, 9.17) is 27.9 Å². The number of benzene rings is 1. The SMILES string of the molecule is CCN1C(=O)N[C@@H](c2ccc(Cl)cc2Cl)C2=C1CN(CC(=O)NCCN1CCOCC1)C2=O. The number of rotatable bonds is 7. The Balaban J connectivity index is 1.45. The molecule has 1 atom stereocenters. The summed E-state index contributed by atoms with van der Waals surface area (Å²) in [5.74, 6) is -0.525. The highest BCUT2D eigenvalue weighted by Gasteiger charge is 2.44. The lowest BCUT2D eigenvalue weighted by Crippen LogP contribution is -2.47. The van der Waals surface area contributed by atoms with Crippen molar-refractivity contribution in [2.45, 2.75) is 13.0 Å². The number of likely N-dealkylation sites (N-methyl/N-ethyl adjacent to an activating group) is 1. The third kappa shape index (κ3) is 5.11. The molecule has 0 aliphatic carbocycles. The second-order valence-electron chi connectivity index (χ2n) is 8.12. The van der Waals surface area contributed by atoms with Crippen molar-refractivity contribution in [3.8, 4) is 0 Å². The quantitative estimate of drug-likeness (QED) is 0.599. The molecule has 0 spiro atoms. The maximum Gasteiger partial charge on any atom is 0.322 e. The number of amides is 4. The lowest BCUT2D eigenvalue weighted by atomic mass is 9.95. The minimum atomic E-state index is -0.707. The van der Waals surface area contributed by atoms with E-state index in [0.717, 1.165) is 19.6 Å². The summed E-state index contributed by atoms with van der Waals surface area (Å²) >= 11 is 12.4. The van der Waals surface area contributed by atoms with Crippen LogP contribution in [0.25, 0.3) is 0 Å². The van der Waals surface area contributed by atoms with Crippen molar-refractivity contribution >= 4 is 41.0 Å². The van der Waals surface area contributed by atoms with E-state index in [9.17, 15) is 14.4 Å². The van der Waals surface area contributed by atoms with E-state index >= 15 is 0 Å². The van der Waals surface area contributed by atoms with Gasteiger partial charge >= 0.3 is 6.03 Å². The molecule has 1 fully saturated rings. The molecule has 9 nitrogen and oxygen atoms in total.